The van der Waals surface area contributed by atoms with Crippen LogP contribution in [0.25, 0.3) is 0 Å². The molecule has 18 heavy (non-hydrogen) atoms. The molecule has 0 bridgehead atoms. The topological polar surface area (TPSA) is 33.2 Å². The van der Waals surface area contributed by atoms with Crippen molar-refractivity contribution in [2.45, 2.75) is 51.5 Å². The molecule has 3 nitrogen and oxygen atoms in total. The summed E-state index contributed by atoms with van der Waals surface area (Å²) < 4.78 is 0. The van der Waals surface area contributed by atoms with E-state index in [1.165, 1.54) is 25.7 Å². The number of carbonyl (C=O) groups excluding carboxylic acids is 1. The molecule has 0 aliphatic heterocycles. The summed E-state index contributed by atoms with van der Waals surface area (Å²) in [4.78, 5) is 19.2. The molecule has 1 aromatic rings. The van der Waals surface area contributed by atoms with Crippen LogP contribution in [-0.2, 0) is 0 Å². The van der Waals surface area contributed by atoms with Crippen molar-refractivity contribution in [1.82, 2.24) is 4.98 Å². The zero-order chi connectivity index (χ0) is 12.7. The summed E-state index contributed by atoms with van der Waals surface area (Å²) in [6.07, 6.45) is 5.97. The van der Waals surface area contributed by atoms with Crippen molar-refractivity contribution in [3.05, 3.63) is 10.6 Å². The van der Waals surface area contributed by atoms with Crippen LogP contribution in [0.3, 0.4) is 0 Å². The lowest BCUT2D eigenvalue weighted by molar-refractivity contribution is 0.112. The lowest BCUT2D eigenvalue weighted by atomic mass is 10.2. The van der Waals surface area contributed by atoms with Gasteiger partial charge in [0.2, 0.25) is 0 Å². The van der Waals surface area contributed by atoms with Gasteiger partial charge < -0.3 is 4.90 Å². The summed E-state index contributed by atoms with van der Waals surface area (Å²) in [7, 11) is 0. The number of thiazole rings is 1. The minimum atomic E-state index is 0.565. The number of aldehydes is 1. The summed E-state index contributed by atoms with van der Waals surface area (Å²) in [5.41, 5.74) is 1.07. The van der Waals surface area contributed by atoms with Crippen LogP contribution in [0, 0.1) is 5.92 Å². The van der Waals surface area contributed by atoms with Gasteiger partial charge >= 0.3 is 0 Å². The van der Waals surface area contributed by atoms with Gasteiger partial charge in [-0.05, 0) is 31.6 Å². The average molecular weight is 264 g/mol. The zero-order valence-corrected chi connectivity index (χ0v) is 11.9. The summed E-state index contributed by atoms with van der Waals surface area (Å²) in [6.45, 7) is 5.54. The minimum absolute atomic E-state index is 0.565. The molecule has 0 unspecified atom stereocenters. The molecule has 98 valence electrons. The second kappa shape index (κ2) is 4.65. The molecule has 2 fully saturated rings. The highest BCUT2D eigenvalue weighted by molar-refractivity contribution is 7.17. The number of hydrogen-bond donors (Lipinski definition) is 0. The van der Waals surface area contributed by atoms with E-state index in [1.54, 1.807) is 11.3 Å². The quantitative estimate of drug-likeness (QED) is 0.738. The third-order valence-corrected chi connectivity index (χ3v) is 4.57. The molecular weight excluding hydrogens is 244 g/mol. The summed E-state index contributed by atoms with van der Waals surface area (Å²) in [5.74, 6) is 1.20. The number of nitrogens with zero attached hydrogens (tertiary/aromatic N) is 2. The second-order valence-electron chi connectivity index (χ2n) is 5.92. The van der Waals surface area contributed by atoms with Gasteiger partial charge in [-0.2, -0.15) is 0 Å². The Kier molecular flexibility index (Phi) is 3.14. The predicted octanol–water partition coefficient (Wildman–Crippen LogP) is 3.46. The highest BCUT2D eigenvalue weighted by atomic mass is 32.1. The first-order chi connectivity index (χ1) is 8.69. The number of anilines is 1. The lowest BCUT2D eigenvalue weighted by Crippen LogP contribution is -2.29. The molecule has 0 atom stereocenters. The zero-order valence-electron chi connectivity index (χ0n) is 11.1. The van der Waals surface area contributed by atoms with Gasteiger partial charge in [0.05, 0.1) is 10.6 Å². The maximum Gasteiger partial charge on any atom is 0.186 e. The predicted molar refractivity (Wildman–Crippen MR) is 74.7 cm³/mol. The molecule has 0 spiro atoms. The van der Waals surface area contributed by atoms with Crippen molar-refractivity contribution < 1.29 is 4.79 Å². The van der Waals surface area contributed by atoms with Gasteiger partial charge in [0.15, 0.2) is 11.4 Å². The van der Waals surface area contributed by atoms with Crippen LogP contribution < -0.4 is 4.90 Å². The summed E-state index contributed by atoms with van der Waals surface area (Å²) >= 11 is 1.59. The Hall–Kier alpha value is -0.900. The summed E-state index contributed by atoms with van der Waals surface area (Å²) in [6, 6.07) is 0.671. The van der Waals surface area contributed by atoms with Crippen LogP contribution in [0.5, 0.6) is 0 Å². The van der Waals surface area contributed by atoms with E-state index in [0.717, 1.165) is 28.5 Å². The van der Waals surface area contributed by atoms with Gasteiger partial charge in [-0.25, -0.2) is 4.98 Å². The molecule has 3 rings (SSSR count). The molecule has 4 heteroatoms. The Morgan fingerprint density at radius 3 is 2.61 bits per heavy atom. The van der Waals surface area contributed by atoms with E-state index >= 15 is 0 Å². The van der Waals surface area contributed by atoms with Gasteiger partial charge in [0, 0.05) is 18.5 Å². The van der Waals surface area contributed by atoms with Gasteiger partial charge in [-0.15, -0.1) is 0 Å². The number of aromatic nitrogens is 1. The number of carbonyl (C=O) groups is 1. The van der Waals surface area contributed by atoms with Crippen LogP contribution in [0.1, 0.15) is 60.8 Å². The molecule has 1 aromatic heterocycles. The maximum absolute atomic E-state index is 11.2. The first-order valence-corrected chi connectivity index (χ1v) is 7.73. The van der Waals surface area contributed by atoms with Gasteiger partial charge in [0.25, 0.3) is 0 Å². The van der Waals surface area contributed by atoms with E-state index in [9.17, 15) is 4.79 Å². The molecule has 2 saturated carbocycles. The van der Waals surface area contributed by atoms with E-state index in [-0.39, 0.29) is 0 Å². The van der Waals surface area contributed by atoms with Crippen LogP contribution in [0.15, 0.2) is 0 Å². The fourth-order valence-corrected chi connectivity index (χ4v) is 3.40. The Balaban J connectivity index is 1.86. The fraction of sp³-hybridized carbons (Fsp3) is 0.714. The van der Waals surface area contributed by atoms with Crippen LogP contribution >= 0.6 is 11.3 Å². The second-order valence-corrected chi connectivity index (χ2v) is 6.92. The molecule has 0 radical (unpaired) electrons. The molecule has 0 N–H and O–H groups in total. The van der Waals surface area contributed by atoms with Crippen molar-refractivity contribution in [3.8, 4) is 0 Å². The SMILES string of the molecule is CC(C)CN(c1nc(C2CC2)c(C=O)s1)C1CC1. The molecule has 0 aromatic carbocycles. The van der Waals surface area contributed by atoms with Crippen molar-refractivity contribution in [3.63, 3.8) is 0 Å². The molecule has 2 aliphatic carbocycles. The van der Waals surface area contributed by atoms with E-state index in [0.29, 0.717) is 17.9 Å². The molecule has 2 aliphatic rings. The number of rotatable bonds is 6. The highest BCUT2D eigenvalue weighted by Gasteiger charge is 2.34. The van der Waals surface area contributed by atoms with E-state index in [2.05, 4.69) is 18.7 Å². The van der Waals surface area contributed by atoms with E-state index < -0.39 is 0 Å². The van der Waals surface area contributed by atoms with Gasteiger partial charge in [0.1, 0.15) is 0 Å². The monoisotopic (exact) mass is 264 g/mol. The molecule has 0 amide bonds. The standard InChI is InChI=1S/C14H20N2OS/c1-9(2)7-16(11-5-6-11)14-15-13(10-3-4-10)12(8-17)18-14/h8-11H,3-7H2,1-2H3. The third kappa shape index (κ3) is 2.44. The lowest BCUT2D eigenvalue weighted by Gasteiger charge is -2.23. The Morgan fingerprint density at radius 2 is 2.11 bits per heavy atom. The Labute approximate surface area is 112 Å². The van der Waals surface area contributed by atoms with Gasteiger partial charge in [-0.3, -0.25) is 4.79 Å². The first-order valence-electron chi connectivity index (χ1n) is 6.91. The van der Waals surface area contributed by atoms with Crippen molar-refractivity contribution in [2.75, 3.05) is 11.4 Å². The minimum Gasteiger partial charge on any atom is -0.345 e. The average Bonchev–Trinajstić information content (AvgIpc) is 3.22. The van der Waals surface area contributed by atoms with Crippen molar-refractivity contribution >= 4 is 22.8 Å². The smallest absolute Gasteiger partial charge is 0.186 e. The highest BCUT2D eigenvalue weighted by Crippen LogP contribution is 2.45. The normalized spacial score (nSPS) is 19.3. The maximum atomic E-state index is 11.2. The van der Waals surface area contributed by atoms with E-state index in [1.807, 2.05) is 0 Å². The van der Waals surface area contributed by atoms with Crippen molar-refractivity contribution in [2.24, 2.45) is 5.92 Å². The fourth-order valence-electron chi connectivity index (χ4n) is 2.35. The largest absolute Gasteiger partial charge is 0.345 e. The van der Waals surface area contributed by atoms with Crippen LogP contribution in [-0.4, -0.2) is 23.9 Å². The molecule has 1 heterocycles. The Bertz CT molecular complexity index is 447. The molecule has 0 saturated heterocycles. The van der Waals surface area contributed by atoms with Crippen LogP contribution in [0.2, 0.25) is 0 Å². The van der Waals surface area contributed by atoms with Gasteiger partial charge in [-0.1, -0.05) is 25.2 Å². The number of hydrogen-bond acceptors (Lipinski definition) is 4. The summed E-state index contributed by atoms with van der Waals surface area (Å²) in [5, 5.41) is 1.08. The molecular formula is C14H20N2OS. The van der Waals surface area contributed by atoms with Crippen molar-refractivity contribution in [1.29, 1.82) is 0 Å². The van der Waals surface area contributed by atoms with E-state index in [4.69, 9.17) is 4.98 Å². The Morgan fingerprint density at radius 1 is 1.39 bits per heavy atom. The third-order valence-electron chi connectivity index (χ3n) is 3.54. The van der Waals surface area contributed by atoms with Crippen LogP contribution in [0.4, 0.5) is 5.13 Å². The first kappa shape index (κ1) is 12.2.